The van der Waals surface area contributed by atoms with E-state index >= 15 is 0 Å². The van der Waals surface area contributed by atoms with Gasteiger partial charge in [-0.25, -0.2) is 4.79 Å². The molecule has 0 aliphatic carbocycles. The molecule has 1 atom stereocenters. The minimum absolute atomic E-state index is 0.0193. The van der Waals surface area contributed by atoms with Crippen molar-refractivity contribution in [3.05, 3.63) is 99.9 Å². The van der Waals surface area contributed by atoms with Crippen LogP contribution in [0.2, 0.25) is 0 Å². The number of alkyl halides is 3. The van der Waals surface area contributed by atoms with Gasteiger partial charge in [0.1, 0.15) is 6.61 Å². The van der Waals surface area contributed by atoms with Crippen molar-refractivity contribution in [2.24, 2.45) is 5.92 Å². The zero-order chi connectivity index (χ0) is 28.9. The molecule has 0 fully saturated rings. The summed E-state index contributed by atoms with van der Waals surface area (Å²) in [4.78, 5) is 31.7. The van der Waals surface area contributed by atoms with Gasteiger partial charge in [-0.3, -0.25) is 14.7 Å². The molecular weight excluding hydrogens is 523 g/mol. The van der Waals surface area contributed by atoms with Gasteiger partial charge >= 0.3 is 12.1 Å². The topological polar surface area (TPSA) is 80.8 Å². The molecule has 2 heterocycles. The number of fused-ring (bicyclic) bond motifs is 1. The van der Waals surface area contributed by atoms with Gasteiger partial charge in [-0.2, -0.15) is 13.2 Å². The van der Waals surface area contributed by atoms with Crippen molar-refractivity contribution < 1.29 is 32.2 Å². The Hall–Kier alpha value is -3.76. The van der Waals surface area contributed by atoms with Gasteiger partial charge in [-0.15, -0.1) is 0 Å². The minimum atomic E-state index is -4.37. The molecule has 10 heteroatoms. The summed E-state index contributed by atoms with van der Waals surface area (Å²) in [6, 6.07) is 13.8. The molecule has 1 amide bonds. The Bertz CT molecular complexity index is 1330. The number of ether oxygens (including phenoxy) is 2. The molecule has 0 saturated heterocycles. The maximum absolute atomic E-state index is 12.9. The van der Waals surface area contributed by atoms with Crippen LogP contribution >= 0.6 is 0 Å². The third-order valence-corrected chi connectivity index (χ3v) is 6.77. The van der Waals surface area contributed by atoms with Gasteiger partial charge in [0.15, 0.2) is 0 Å². The van der Waals surface area contributed by atoms with E-state index < -0.39 is 17.7 Å². The number of pyridine rings is 1. The highest BCUT2D eigenvalue weighted by Gasteiger charge is 2.35. The molecule has 1 N–H and O–H groups in total. The molecule has 0 spiro atoms. The number of aromatic nitrogens is 1. The van der Waals surface area contributed by atoms with Gasteiger partial charge in [0.2, 0.25) is 0 Å². The van der Waals surface area contributed by atoms with E-state index in [4.69, 9.17) is 9.47 Å². The van der Waals surface area contributed by atoms with E-state index in [0.717, 1.165) is 34.5 Å². The Morgan fingerprint density at radius 1 is 1.02 bits per heavy atom. The number of methoxy groups -OCH3 is 1. The molecule has 1 aliphatic rings. The van der Waals surface area contributed by atoms with Crippen molar-refractivity contribution in [1.29, 1.82) is 0 Å². The Morgan fingerprint density at radius 3 is 2.33 bits per heavy atom. The van der Waals surface area contributed by atoms with Gasteiger partial charge in [-0.05, 0) is 52.9 Å². The van der Waals surface area contributed by atoms with Crippen LogP contribution in [-0.2, 0) is 35.3 Å². The van der Waals surface area contributed by atoms with Crippen molar-refractivity contribution in [2.45, 2.75) is 45.7 Å². The summed E-state index contributed by atoms with van der Waals surface area (Å²) in [5.74, 6) is -0.507. The molecule has 2 aromatic carbocycles. The second kappa shape index (κ2) is 12.6. The fourth-order valence-corrected chi connectivity index (χ4v) is 4.80. The van der Waals surface area contributed by atoms with Gasteiger partial charge in [0, 0.05) is 32.9 Å². The average Bonchev–Trinajstić information content (AvgIpc) is 3.29. The Balaban J connectivity index is 1.38. The number of amides is 1. The molecule has 3 aromatic rings. The lowest BCUT2D eigenvalue weighted by molar-refractivity contribution is -0.137. The molecule has 0 unspecified atom stereocenters. The van der Waals surface area contributed by atoms with Crippen molar-refractivity contribution in [2.75, 3.05) is 20.3 Å². The molecule has 0 saturated carbocycles. The summed E-state index contributed by atoms with van der Waals surface area (Å²) in [6.07, 6.45) is -2.81. The summed E-state index contributed by atoms with van der Waals surface area (Å²) >= 11 is 0. The molecule has 1 aliphatic heterocycles. The first kappa shape index (κ1) is 29.2. The second-order valence-electron chi connectivity index (χ2n) is 10.1. The number of rotatable bonds is 10. The lowest BCUT2D eigenvalue weighted by Gasteiger charge is -2.27. The third-order valence-electron chi connectivity index (χ3n) is 6.77. The summed E-state index contributed by atoms with van der Waals surface area (Å²) in [5, 5.41) is 2.88. The van der Waals surface area contributed by atoms with E-state index in [1.165, 1.54) is 19.2 Å². The summed E-state index contributed by atoms with van der Waals surface area (Å²) in [6.45, 7) is 5.92. The predicted molar refractivity (Wildman–Crippen MR) is 142 cm³/mol. The molecule has 1 aromatic heterocycles. The first-order valence-electron chi connectivity index (χ1n) is 13.0. The normalized spacial score (nSPS) is 15.2. The number of hydrogen-bond donors (Lipinski definition) is 1. The fraction of sp³-hybridized carbons (Fsp3) is 0.367. The molecule has 40 heavy (non-hydrogen) atoms. The van der Waals surface area contributed by atoms with E-state index in [1.54, 1.807) is 30.5 Å². The minimum Gasteiger partial charge on any atom is -0.460 e. The number of benzene rings is 2. The van der Waals surface area contributed by atoms with Crippen LogP contribution in [0.4, 0.5) is 13.2 Å². The van der Waals surface area contributed by atoms with Crippen molar-refractivity contribution in [3.8, 4) is 0 Å². The van der Waals surface area contributed by atoms with Gasteiger partial charge in [0.05, 0.1) is 35.0 Å². The van der Waals surface area contributed by atoms with Gasteiger partial charge in [0.25, 0.3) is 5.91 Å². The maximum atomic E-state index is 12.9. The van der Waals surface area contributed by atoms with Crippen LogP contribution in [0, 0.1) is 5.92 Å². The van der Waals surface area contributed by atoms with Crippen LogP contribution < -0.4 is 5.32 Å². The van der Waals surface area contributed by atoms with E-state index in [0.29, 0.717) is 30.8 Å². The highest BCUT2D eigenvalue weighted by atomic mass is 19.4. The SMILES string of the molecule is COCCOC(=O)c1ccc(CNC(=O)c2cnc3c(c2)CN(Cc2ccc(C(F)(F)F)cc2)[C@H]3C(C)C)cc1. The summed E-state index contributed by atoms with van der Waals surface area (Å²) in [7, 11) is 1.53. The number of esters is 1. The lowest BCUT2D eigenvalue weighted by Crippen LogP contribution is -2.25. The fourth-order valence-electron chi connectivity index (χ4n) is 4.80. The van der Waals surface area contributed by atoms with Gasteiger partial charge in [-0.1, -0.05) is 38.1 Å². The van der Waals surface area contributed by atoms with Gasteiger partial charge < -0.3 is 14.8 Å². The van der Waals surface area contributed by atoms with Crippen LogP contribution in [0.25, 0.3) is 0 Å². The standard InChI is InChI=1S/C30H32F3N3O4/c1-19(2)27-26-24(18-36(27)17-21-6-10-25(11-7-21)30(31,32)33)14-23(16-34-26)28(37)35-15-20-4-8-22(9-5-20)29(38)40-13-12-39-3/h4-11,14,16,19,27H,12-13,15,17-18H2,1-3H3,(H,35,37)/t27-/m0/s1. The first-order valence-corrected chi connectivity index (χ1v) is 13.0. The Labute approximate surface area is 231 Å². The highest BCUT2D eigenvalue weighted by molar-refractivity contribution is 5.94. The average molecular weight is 556 g/mol. The van der Waals surface area contributed by atoms with E-state index in [1.807, 2.05) is 6.07 Å². The molecule has 212 valence electrons. The number of carbonyl (C=O) groups is 2. The molecule has 0 radical (unpaired) electrons. The van der Waals surface area contributed by atoms with Crippen molar-refractivity contribution in [1.82, 2.24) is 15.2 Å². The number of halogens is 3. The van der Waals surface area contributed by atoms with E-state index in [9.17, 15) is 22.8 Å². The predicted octanol–water partition coefficient (Wildman–Crippen LogP) is 5.55. The van der Waals surface area contributed by atoms with Crippen LogP contribution in [0.5, 0.6) is 0 Å². The van der Waals surface area contributed by atoms with Crippen molar-refractivity contribution in [3.63, 3.8) is 0 Å². The number of carbonyl (C=O) groups excluding carboxylic acids is 2. The zero-order valence-corrected chi connectivity index (χ0v) is 22.6. The van der Waals surface area contributed by atoms with Crippen molar-refractivity contribution >= 4 is 11.9 Å². The highest BCUT2D eigenvalue weighted by Crippen LogP contribution is 2.39. The molecule has 7 nitrogen and oxygen atoms in total. The zero-order valence-electron chi connectivity index (χ0n) is 22.6. The lowest BCUT2D eigenvalue weighted by atomic mass is 9.99. The monoisotopic (exact) mass is 555 g/mol. The van der Waals surface area contributed by atoms with Crippen LogP contribution in [0.3, 0.4) is 0 Å². The Morgan fingerprint density at radius 2 is 1.70 bits per heavy atom. The van der Waals surface area contributed by atoms with Crippen LogP contribution in [0.1, 0.15) is 68.6 Å². The molecular formula is C30H32F3N3O4. The Kier molecular flexibility index (Phi) is 9.21. The smallest absolute Gasteiger partial charge is 0.416 e. The van der Waals surface area contributed by atoms with Crippen LogP contribution in [-0.4, -0.2) is 42.1 Å². The number of hydrogen-bond acceptors (Lipinski definition) is 6. The number of nitrogens with one attached hydrogen (secondary N) is 1. The maximum Gasteiger partial charge on any atom is 0.416 e. The number of nitrogens with zero attached hydrogens (tertiary/aromatic N) is 2. The summed E-state index contributed by atoms with van der Waals surface area (Å²) in [5.41, 5.74) is 3.57. The quantitative estimate of drug-likeness (QED) is 0.261. The molecule has 0 bridgehead atoms. The van der Waals surface area contributed by atoms with E-state index in [2.05, 4.69) is 29.0 Å². The van der Waals surface area contributed by atoms with E-state index in [-0.39, 0.29) is 31.0 Å². The largest absolute Gasteiger partial charge is 0.460 e. The third kappa shape index (κ3) is 7.05. The van der Waals surface area contributed by atoms with Crippen LogP contribution in [0.15, 0.2) is 60.8 Å². The summed E-state index contributed by atoms with van der Waals surface area (Å²) < 4.78 is 48.8. The first-order chi connectivity index (χ1) is 19.1. The second-order valence-corrected chi connectivity index (χ2v) is 10.1. The molecule has 4 rings (SSSR count).